The van der Waals surface area contributed by atoms with Gasteiger partial charge in [-0.25, -0.2) is 4.98 Å². The zero-order valence-corrected chi connectivity index (χ0v) is 14.8. The molecule has 0 unspecified atom stereocenters. The lowest BCUT2D eigenvalue weighted by molar-refractivity contribution is -0.134. The van der Waals surface area contributed by atoms with E-state index in [0.717, 1.165) is 20.8 Å². The molecule has 130 valence electrons. The number of para-hydroxylation sites is 1. The van der Waals surface area contributed by atoms with Crippen molar-refractivity contribution in [3.8, 4) is 17.1 Å². The normalized spacial score (nSPS) is 11.0. The van der Waals surface area contributed by atoms with E-state index in [2.05, 4.69) is 15.1 Å². The van der Waals surface area contributed by atoms with Crippen LogP contribution in [0, 0.1) is 6.92 Å². The number of ether oxygens (including phenoxy) is 1. The van der Waals surface area contributed by atoms with E-state index < -0.39 is 0 Å². The van der Waals surface area contributed by atoms with Crippen LogP contribution in [0.15, 0.2) is 53.1 Å². The number of nitrogens with zero attached hydrogens (tertiary/aromatic N) is 3. The van der Waals surface area contributed by atoms with Gasteiger partial charge in [0.2, 0.25) is 11.7 Å². The third-order valence-electron chi connectivity index (χ3n) is 3.75. The predicted molar refractivity (Wildman–Crippen MR) is 98.0 cm³/mol. The molecule has 0 bridgehead atoms. The predicted octanol–water partition coefficient (Wildman–Crippen LogP) is 4.19. The summed E-state index contributed by atoms with van der Waals surface area (Å²) in [5, 5.41) is 4.79. The van der Waals surface area contributed by atoms with Crippen LogP contribution in [0.3, 0.4) is 0 Å². The SMILES string of the molecule is Cc1nc(-c2ccc(OC(=O)CCc3nc4ccccc4s3)cc2)no1. The first-order valence-electron chi connectivity index (χ1n) is 8.13. The fraction of sp³-hybridized carbons (Fsp3) is 0.158. The van der Waals surface area contributed by atoms with Gasteiger partial charge in [-0.15, -0.1) is 11.3 Å². The summed E-state index contributed by atoms with van der Waals surface area (Å²) in [6, 6.07) is 15.0. The van der Waals surface area contributed by atoms with E-state index >= 15 is 0 Å². The minimum absolute atomic E-state index is 0.283. The summed E-state index contributed by atoms with van der Waals surface area (Å²) in [5.41, 5.74) is 1.77. The topological polar surface area (TPSA) is 78.1 Å². The van der Waals surface area contributed by atoms with Gasteiger partial charge in [0.1, 0.15) is 5.75 Å². The van der Waals surface area contributed by atoms with Gasteiger partial charge < -0.3 is 9.26 Å². The van der Waals surface area contributed by atoms with Gasteiger partial charge in [0, 0.05) is 18.9 Å². The molecule has 2 aromatic heterocycles. The summed E-state index contributed by atoms with van der Waals surface area (Å²) >= 11 is 1.61. The summed E-state index contributed by atoms with van der Waals surface area (Å²) in [6.45, 7) is 1.73. The molecule has 0 spiro atoms. The molecule has 0 aliphatic heterocycles. The van der Waals surface area contributed by atoms with Crippen LogP contribution in [-0.4, -0.2) is 21.1 Å². The molecule has 4 aromatic rings. The van der Waals surface area contributed by atoms with Gasteiger partial charge in [-0.3, -0.25) is 4.79 Å². The molecule has 0 amide bonds. The zero-order chi connectivity index (χ0) is 17.9. The molecule has 26 heavy (non-hydrogen) atoms. The van der Waals surface area contributed by atoms with Gasteiger partial charge in [-0.1, -0.05) is 17.3 Å². The van der Waals surface area contributed by atoms with Gasteiger partial charge in [0.15, 0.2) is 0 Å². The van der Waals surface area contributed by atoms with Crippen LogP contribution in [0.2, 0.25) is 0 Å². The van der Waals surface area contributed by atoms with Crippen LogP contribution >= 0.6 is 11.3 Å². The van der Waals surface area contributed by atoms with Crippen molar-refractivity contribution in [3.05, 3.63) is 59.4 Å². The molecule has 6 nitrogen and oxygen atoms in total. The summed E-state index contributed by atoms with van der Waals surface area (Å²) in [5.74, 6) is 1.22. The highest BCUT2D eigenvalue weighted by Gasteiger charge is 2.10. The van der Waals surface area contributed by atoms with E-state index in [1.807, 2.05) is 24.3 Å². The molecular formula is C19H15N3O3S. The van der Waals surface area contributed by atoms with Crippen molar-refractivity contribution in [3.63, 3.8) is 0 Å². The van der Waals surface area contributed by atoms with Crippen LogP contribution in [0.25, 0.3) is 21.6 Å². The van der Waals surface area contributed by atoms with E-state index in [9.17, 15) is 4.79 Å². The average molecular weight is 365 g/mol. The maximum Gasteiger partial charge on any atom is 0.311 e. The molecule has 4 rings (SSSR count). The largest absolute Gasteiger partial charge is 0.427 e. The van der Waals surface area contributed by atoms with Crippen LogP contribution in [0.1, 0.15) is 17.3 Å². The van der Waals surface area contributed by atoms with Crippen LogP contribution in [0.4, 0.5) is 0 Å². The smallest absolute Gasteiger partial charge is 0.311 e. The van der Waals surface area contributed by atoms with Crippen molar-refractivity contribution in [2.45, 2.75) is 19.8 Å². The summed E-state index contributed by atoms with van der Waals surface area (Å²) in [4.78, 5) is 20.8. The third kappa shape index (κ3) is 3.62. The molecule has 0 atom stereocenters. The van der Waals surface area contributed by atoms with Crippen molar-refractivity contribution in [2.75, 3.05) is 0 Å². The van der Waals surface area contributed by atoms with Gasteiger partial charge in [0.05, 0.1) is 21.6 Å². The van der Waals surface area contributed by atoms with Crippen LogP contribution in [-0.2, 0) is 11.2 Å². The maximum absolute atomic E-state index is 12.1. The Hall–Kier alpha value is -3.06. The number of aromatic nitrogens is 3. The molecule has 0 fully saturated rings. The fourth-order valence-electron chi connectivity index (χ4n) is 2.51. The van der Waals surface area contributed by atoms with E-state index in [-0.39, 0.29) is 12.4 Å². The molecule has 0 aliphatic carbocycles. The van der Waals surface area contributed by atoms with E-state index in [0.29, 0.717) is 23.9 Å². The van der Waals surface area contributed by atoms with Gasteiger partial charge in [-0.05, 0) is 36.4 Å². The standard InChI is InChI=1S/C19H15N3O3S/c1-12-20-19(22-25-12)13-6-8-14(9-7-13)24-18(23)11-10-17-21-15-4-2-3-5-16(15)26-17/h2-9H,10-11H2,1H3. The first-order chi connectivity index (χ1) is 12.7. The average Bonchev–Trinajstić information content (AvgIpc) is 3.26. The molecule has 0 saturated carbocycles. The van der Waals surface area contributed by atoms with Crippen LogP contribution in [0.5, 0.6) is 5.75 Å². The summed E-state index contributed by atoms with van der Waals surface area (Å²) in [7, 11) is 0. The van der Waals surface area contributed by atoms with Gasteiger partial charge in [0.25, 0.3) is 0 Å². The fourth-order valence-corrected chi connectivity index (χ4v) is 3.47. The van der Waals surface area contributed by atoms with Crippen molar-refractivity contribution in [2.24, 2.45) is 0 Å². The number of carbonyl (C=O) groups excluding carboxylic acids is 1. The summed E-state index contributed by atoms with van der Waals surface area (Å²) < 4.78 is 11.5. The number of carbonyl (C=O) groups is 1. The number of aryl methyl sites for hydroxylation is 2. The summed E-state index contributed by atoms with van der Waals surface area (Å²) in [6.07, 6.45) is 0.851. The Kier molecular flexibility index (Phi) is 4.45. The first-order valence-corrected chi connectivity index (χ1v) is 8.95. The van der Waals surface area contributed by atoms with Gasteiger partial charge >= 0.3 is 5.97 Å². The number of fused-ring (bicyclic) bond motifs is 1. The number of thiazole rings is 1. The Morgan fingerprint density at radius 2 is 1.92 bits per heavy atom. The first kappa shape index (κ1) is 16.4. The number of esters is 1. The second-order valence-corrected chi connectivity index (χ2v) is 6.83. The van der Waals surface area contributed by atoms with Crippen molar-refractivity contribution in [1.82, 2.24) is 15.1 Å². The molecule has 0 saturated heterocycles. The molecule has 2 heterocycles. The van der Waals surface area contributed by atoms with Crippen LogP contribution < -0.4 is 4.74 Å². The quantitative estimate of drug-likeness (QED) is 0.390. The molecule has 0 radical (unpaired) electrons. The molecule has 0 aliphatic rings. The molecule has 2 aromatic carbocycles. The highest BCUT2D eigenvalue weighted by Crippen LogP contribution is 2.23. The monoisotopic (exact) mass is 365 g/mol. The zero-order valence-electron chi connectivity index (χ0n) is 14.0. The second-order valence-electron chi connectivity index (χ2n) is 5.71. The number of hydrogen-bond donors (Lipinski definition) is 0. The Morgan fingerprint density at radius 3 is 2.65 bits per heavy atom. The number of rotatable bonds is 5. The minimum atomic E-state index is -0.285. The third-order valence-corrected chi connectivity index (χ3v) is 4.85. The Balaban J connectivity index is 1.35. The Morgan fingerprint density at radius 1 is 1.12 bits per heavy atom. The Labute approximate surface area is 153 Å². The molecule has 7 heteroatoms. The lowest BCUT2D eigenvalue weighted by atomic mass is 10.2. The van der Waals surface area contributed by atoms with E-state index in [1.54, 1.807) is 42.5 Å². The molecule has 0 N–H and O–H groups in total. The van der Waals surface area contributed by atoms with Gasteiger partial charge in [-0.2, -0.15) is 4.98 Å². The highest BCUT2D eigenvalue weighted by molar-refractivity contribution is 7.18. The molecular weight excluding hydrogens is 350 g/mol. The number of benzene rings is 2. The van der Waals surface area contributed by atoms with Crippen molar-refractivity contribution < 1.29 is 14.1 Å². The Bertz CT molecular complexity index is 1020. The number of hydrogen-bond acceptors (Lipinski definition) is 7. The highest BCUT2D eigenvalue weighted by atomic mass is 32.1. The maximum atomic E-state index is 12.1. The lowest BCUT2D eigenvalue weighted by Gasteiger charge is -2.04. The van der Waals surface area contributed by atoms with Crippen molar-refractivity contribution in [1.29, 1.82) is 0 Å². The lowest BCUT2D eigenvalue weighted by Crippen LogP contribution is -2.08. The van der Waals surface area contributed by atoms with E-state index in [4.69, 9.17) is 9.26 Å². The second kappa shape index (κ2) is 7.05. The minimum Gasteiger partial charge on any atom is -0.427 e. The van der Waals surface area contributed by atoms with Crippen molar-refractivity contribution >= 4 is 27.5 Å². The van der Waals surface area contributed by atoms with E-state index in [1.165, 1.54) is 0 Å².